The van der Waals surface area contributed by atoms with E-state index in [-0.39, 0.29) is 28.0 Å². The highest BCUT2D eigenvalue weighted by molar-refractivity contribution is 8.93. The number of rotatable bonds is 3. The van der Waals surface area contributed by atoms with E-state index in [1.54, 1.807) is 24.3 Å². The van der Waals surface area contributed by atoms with Gasteiger partial charge in [0.1, 0.15) is 0 Å². The van der Waals surface area contributed by atoms with Crippen LogP contribution in [0, 0.1) is 10.6 Å². The number of hydrogen-bond acceptors (Lipinski definition) is 4. The second kappa shape index (κ2) is 7.24. The van der Waals surface area contributed by atoms with Crippen LogP contribution in [0.5, 0.6) is 0 Å². The fourth-order valence-corrected chi connectivity index (χ4v) is 1.09. The summed E-state index contributed by atoms with van der Waals surface area (Å²) in [7, 11) is 0. The van der Waals surface area contributed by atoms with E-state index in [1.807, 2.05) is 6.07 Å². The van der Waals surface area contributed by atoms with Gasteiger partial charge in [0.05, 0.1) is 0 Å². The topological polar surface area (TPSA) is 88.3 Å². The highest BCUT2D eigenvalue weighted by Crippen LogP contribution is 2.10. The van der Waals surface area contributed by atoms with Crippen LogP contribution in [0.25, 0.3) is 0 Å². The van der Waals surface area contributed by atoms with Gasteiger partial charge in [-0.15, -0.1) is 17.0 Å². The van der Waals surface area contributed by atoms with Gasteiger partial charge in [0.15, 0.2) is 11.0 Å². The number of hydrogen-bond donors (Lipinski definition) is 2. The molecule has 7 heteroatoms. The summed E-state index contributed by atoms with van der Waals surface area (Å²) in [5.74, 6) is 0.160. The molecule has 0 saturated carbocycles. The van der Waals surface area contributed by atoms with E-state index in [4.69, 9.17) is 11.1 Å². The fourth-order valence-electron chi connectivity index (χ4n) is 0.788. The van der Waals surface area contributed by atoms with Crippen molar-refractivity contribution in [2.45, 2.75) is 0 Å². The summed E-state index contributed by atoms with van der Waals surface area (Å²) in [6.45, 7) is 0. The lowest BCUT2D eigenvalue weighted by Crippen LogP contribution is -2.04. The Morgan fingerprint density at radius 1 is 1.47 bits per heavy atom. The maximum absolute atomic E-state index is 11.3. The van der Waals surface area contributed by atoms with Gasteiger partial charge in [-0.05, 0) is 5.11 Å². The van der Waals surface area contributed by atoms with Crippen molar-refractivity contribution in [1.82, 2.24) is 0 Å². The van der Waals surface area contributed by atoms with Crippen molar-refractivity contribution in [2.75, 3.05) is 5.88 Å². The molecule has 5 nitrogen and oxygen atoms in total. The monoisotopic (exact) mass is 290 g/mol. The molecule has 0 atom stereocenters. The number of para-hydroxylation sites is 1. The van der Waals surface area contributed by atoms with Gasteiger partial charge in [0.2, 0.25) is 5.69 Å². The van der Waals surface area contributed by atoms with Crippen LogP contribution in [0.15, 0.2) is 35.4 Å². The zero-order chi connectivity index (χ0) is 10.4. The van der Waals surface area contributed by atoms with Crippen molar-refractivity contribution in [3.05, 3.63) is 35.5 Å². The van der Waals surface area contributed by atoms with Crippen LogP contribution in [0.3, 0.4) is 0 Å². The Balaban J connectivity index is 0.00000196. The number of nitrogens with one attached hydrogen (secondary N) is 1. The molecule has 0 heterocycles. The smallest absolute Gasteiger partial charge is 0.244 e. The summed E-state index contributed by atoms with van der Waals surface area (Å²) in [6, 6.07) is 8.66. The summed E-state index contributed by atoms with van der Waals surface area (Å²) >= 11 is 1.01. The number of benzene rings is 1. The van der Waals surface area contributed by atoms with E-state index in [0.29, 0.717) is 10.5 Å². The van der Waals surface area contributed by atoms with E-state index in [9.17, 15) is 5.21 Å². The molecule has 0 radical (unpaired) electrons. The molecule has 0 aliphatic rings. The lowest BCUT2D eigenvalue weighted by Gasteiger charge is -1.98. The highest BCUT2D eigenvalue weighted by atomic mass is 79.9. The third kappa shape index (κ3) is 5.38. The van der Waals surface area contributed by atoms with Crippen LogP contribution in [-0.4, -0.2) is 15.9 Å². The van der Waals surface area contributed by atoms with Crippen LogP contribution in [0.4, 0.5) is 5.69 Å². The second-order valence-electron chi connectivity index (χ2n) is 2.39. The Labute approximate surface area is 102 Å². The van der Waals surface area contributed by atoms with Crippen LogP contribution in [0.2, 0.25) is 0 Å². The average Bonchev–Trinajstić information content (AvgIpc) is 2.18. The molecule has 1 rings (SSSR count). The molecule has 82 valence electrons. The van der Waals surface area contributed by atoms with Gasteiger partial charge in [-0.1, -0.05) is 34.8 Å². The molecule has 0 aliphatic carbocycles. The van der Waals surface area contributed by atoms with Crippen molar-refractivity contribution >= 4 is 39.6 Å². The van der Waals surface area contributed by atoms with Crippen molar-refractivity contribution < 1.29 is 4.86 Å². The number of nitrogens with two attached hydrogens (primary N) is 1. The molecular formula is C8H11BrN4OS. The predicted octanol–water partition coefficient (Wildman–Crippen LogP) is 2.44. The predicted molar refractivity (Wildman–Crippen MR) is 66.9 cm³/mol. The quantitative estimate of drug-likeness (QED) is 0.295. The van der Waals surface area contributed by atoms with E-state index < -0.39 is 0 Å². The largest absolute Gasteiger partial charge is 0.594 e. The summed E-state index contributed by atoms with van der Waals surface area (Å²) < 4.78 is 0. The van der Waals surface area contributed by atoms with E-state index >= 15 is 0 Å². The molecule has 15 heavy (non-hydrogen) atoms. The minimum absolute atomic E-state index is 0. The lowest BCUT2D eigenvalue weighted by molar-refractivity contribution is -0.440. The number of halogens is 1. The van der Waals surface area contributed by atoms with Gasteiger partial charge < -0.3 is 10.9 Å². The molecule has 0 unspecified atom stereocenters. The number of amidine groups is 1. The Kier molecular flexibility index (Phi) is 6.72. The molecule has 3 N–H and O–H groups in total. The van der Waals surface area contributed by atoms with Crippen molar-refractivity contribution in [2.24, 2.45) is 10.8 Å². The van der Waals surface area contributed by atoms with E-state index in [2.05, 4.69) is 5.11 Å². The van der Waals surface area contributed by atoms with E-state index in [1.165, 1.54) is 0 Å². The first-order valence-electron chi connectivity index (χ1n) is 3.86. The van der Waals surface area contributed by atoms with Crippen LogP contribution >= 0.6 is 28.7 Å². The van der Waals surface area contributed by atoms with Crippen LogP contribution < -0.4 is 5.73 Å². The Hall–Kier alpha value is -1.08. The molecule has 1 aromatic rings. The standard InChI is InChI=1S/C8H10N4OS.BrH/c9-8(10)14-6-11-12(13)7-4-2-1-3-5-7;/h1-5H,6H2,(H3,9,10);1H/b12-11-;. The SMILES string of the molecule is Br.N=C(N)SC/N=[N+](\[O-])c1ccccc1. The van der Waals surface area contributed by atoms with Crippen molar-refractivity contribution in [3.8, 4) is 0 Å². The molecule has 0 amide bonds. The molecule has 0 aromatic heterocycles. The van der Waals surface area contributed by atoms with Gasteiger partial charge in [-0.2, -0.15) is 0 Å². The number of azo groups is 1. The Morgan fingerprint density at radius 2 is 2.07 bits per heavy atom. The molecule has 0 aliphatic heterocycles. The molecule has 0 spiro atoms. The summed E-state index contributed by atoms with van der Waals surface area (Å²) in [6.07, 6.45) is 0. The zero-order valence-electron chi connectivity index (χ0n) is 7.79. The fraction of sp³-hybridized carbons (Fsp3) is 0.125. The minimum Gasteiger partial charge on any atom is -0.594 e. The lowest BCUT2D eigenvalue weighted by atomic mass is 10.3. The van der Waals surface area contributed by atoms with Crippen molar-refractivity contribution in [1.29, 1.82) is 5.41 Å². The van der Waals surface area contributed by atoms with Gasteiger partial charge in [-0.25, -0.2) is 0 Å². The average molecular weight is 291 g/mol. The third-order valence-corrected chi connectivity index (χ3v) is 1.94. The number of thioether (sulfide) groups is 1. The molecule has 0 fully saturated rings. The maximum Gasteiger partial charge on any atom is 0.244 e. The summed E-state index contributed by atoms with van der Waals surface area (Å²) in [5, 5.41) is 21.8. The first kappa shape index (κ1) is 13.9. The van der Waals surface area contributed by atoms with Crippen LogP contribution in [0.1, 0.15) is 0 Å². The molecule has 0 saturated heterocycles. The van der Waals surface area contributed by atoms with Gasteiger partial charge >= 0.3 is 0 Å². The van der Waals surface area contributed by atoms with Gasteiger partial charge in [-0.3, -0.25) is 5.41 Å². The normalized spacial score (nSPS) is 10.5. The molecular weight excluding hydrogens is 280 g/mol. The summed E-state index contributed by atoms with van der Waals surface area (Å²) in [5.41, 5.74) is 5.55. The third-order valence-electron chi connectivity index (χ3n) is 1.38. The highest BCUT2D eigenvalue weighted by Gasteiger charge is 2.00. The molecule has 1 aromatic carbocycles. The van der Waals surface area contributed by atoms with Gasteiger partial charge in [0.25, 0.3) is 0 Å². The maximum atomic E-state index is 11.3. The van der Waals surface area contributed by atoms with E-state index in [0.717, 1.165) is 11.8 Å². The van der Waals surface area contributed by atoms with Crippen molar-refractivity contribution in [3.63, 3.8) is 0 Å². The summed E-state index contributed by atoms with van der Waals surface area (Å²) in [4.78, 5) is 0.524. The first-order valence-corrected chi connectivity index (χ1v) is 4.85. The number of nitrogens with zero attached hydrogens (tertiary/aromatic N) is 2. The van der Waals surface area contributed by atoms with Crippen LogP contribution in [-0.2, 0) is 0 Å². The Bertz CT molecular complexity index is 344. The zero-order valence-corrected chi connectivity index (χ0v) is 10.3. The molecule has 0 bridgehead atoms. The second-order valence-corrected chi connectivity index (χ2v) is 3.37. The Morgan fingerprint density at radius 3 is 2.60 bits per heavy atom. The first-order chi connectivity index (χ1) is 6.70. The minimum atomic E-state index is -0.0461. The van der Waals surface area contributed by atoms with Gasteiger partial charge in [0, 0.05) is 12.1 Å².